The molecule has 0 fully saturated rings. The van der Waals surface area contributed by atoms with E-state index in [1.165, 1.54) is 25.7 Å². The first-order chi connectivity index (χ1) is 5.72. The topological polar surface area (TPSA) is 38.4 Å². The van der Waals surface area contributed by atoms with Crippen LogP contribution in [-0.4, -0.2) is 12.4 Å². The Bertz CT molecular complexity index is 167. The van der Waals surface area contributed by atoms with Gasteiger partial charge in [0.05, 0.1) is 5.84 Å². The van der Waals surface area contributed by atoms with Crippen molar-refractivity contribution in [2.75, 3.05) is 6.54 Å². The molecular weight excluding hydrogens is 148 g/mol. The fraction of sp³-hybridized carbons (Fsp3) is 0.900. The Labute approximate surface area is 75.3 Å². The molecule has 2 heteroatoms. The zero-order chi connectivity index (χ0) is 9.03. The van der Waals surface area contributed by atoms with E-state index in [9.17, 15) is 0 Å². The highest BCUT2D eigenvalue weighted by atomic mass is 14.9. The summed E-state index contributed by atoms with van der Waals surface area (Å²) in [4.78, 5) is 4.32. The second-order valence-electron chi connectivity index (χ2n) is 3.98. The standard InChI is InChI=1S/C10H20N2/c1-3-5-10(6-4-2)7-9(11)12-8-10/h3-8H2,1-2H3,(H2,11,12). The van der Waals surface area contributed by atoms with Gasteiger partial charge < -0.3 is 5.73 Å². The number of aliphatic imine (C=N–C) groups is 1. The lowest BCUT2D eigenvalue weighted by atomic mass is 9.78. The van der Waals surface area contributed by atoms with Crippen molar-refractivity contribution in [3.63, 3.8) is 0 Å². The summed E-state index contributed by atoms with van der Waals surface area (Å²) in [5.74, 6) is 0.872. The predicted octanol–water partition coefficient (Wildman–Crippen LogP) is 2.33. The van der Waals surface area contributed by atoms with Crippen LogP contribution in [0.5, 0.6) is 0 Å². The number of nitrogens with two attached hydrogens (primary N) is 1. The molecule has 0 aliphatic carbocycles. The van der Waals surface area contributed by atoms with Crippen LogP contribution in [0.1, 0.15) is 46.0 Å². The van der Waals surface area contributed by atoms with Gasteiger partial charge in [0.15, 0.2) is 0 Å². The summed E-state index contributed by atoms with van der Waals surface area (Å²) in [5.41, 5.74) is 6.16. The third-order valence-electron chi connectivity index (χ3n) is 2.73. The Hall–Kier alpha value is -0.530. The number of amidine groups is 1. The Kier molecular flexibility index (Phi) is 3.12. The molecule has 2 N–H and O–H groups in total. The Balaban J connectivity index is 2.51. The normalized spacial score (nSPS) is 21.0. The summed E-state index contributed by atoms with van der Waals surface area (Å²) in [5, 5.41) is 0. The molecule has 1 aliphatic heterocycles. The van der Waals surface area contributed by atoms with Crippen molar-refractivity contribution in [3.05, 3.63) is 0 Å². The minimum Gasteiger partial charge on any atom is -0.387 e. The zero-order valence-corrected chi connectivity index (χ0v) is 8.27. The molecule has 70 valence electrons. The molecule has 0 aromatic rings. The maximum Gasteiger partial charge on any atom is 0.0943 e. The van der Waals surface area contributed by atoms with E-state index in [0.29, 0.717) is 5.41 Å². The second-order valence-corrected chi connectivity index (χ2v) is 3.98. The van der Waals surface area contributed by atoms with Crippen molar-refractivity contribution >= 4 is 5.84 Å². The van der Waals surface area contributed by atoms with Gasteiger partial charge >= 0.3 is 0 Å². The lowest BCUT2D eigenvalue weighted by molar-refractivity contribution is 0.272. The molecule has 0 unspecified atom stereocenters. The zero-order valence-electron chi connectivity index (χ0n) is 8.27. The maximum absolute atomic E-state index is 5.72. The second kappa shape index (κ2) is 3.92. The van der Waals surface area contributed by atoms with Gasteiger partial charge in [0.1, 0.15) is 0 Å². The molecule has 1 aliphatic rings. The van der Waals surface area contributed by atoms with Crippen LogP contribution in [0.25, 0.3) is 0 Å². The van der Waals surface area contributed by atoms with Crippen LogP contribution in [-0.2, 0) is 0 Å². The number of nitrogens with zero attached hydrogens (tertiary/aromatic N) is 1. The summed E-state index contributed by atoms with van der Waals surface area (Å²) in [6.45, 7) is 5.46. The molecule has 0 saturated carbocycles. The highest BCUT2D eigenvalue weighted by molar-refractivity contribution is 5.82. The van der Waals surface area contributed by atoms with Crippen LogP contribution in [0.15, 0.2) is 4.99 Å². The molecule has 0 radical (unpaired) electrons. The van der Waals surface area contributed by atoms with Crippen molar-refractivity contribution in [1.29, 1.82) is 0 Å². The summed E-state index contributed by atoms with van der Waals surface area (Å²) < 4.78 is 0. The van der Waals surface area contributed by atoms with Crippen molar-refractivity contribution in [2.45, 2.75) is 46.0 Å². The molecule has 0 bridgehead atoms. The average molecular weight is 168 g/mol. The molecule has 12 heavy (non-hydrogen) atoms. The summed E-state index contributed by atoms with van der Waals surface area (Å²) >= 11 is 0. The Morgan fingerprint density at radius 3 is 2.25 bits per heavy atom. The van der Waals surface area contributed by atoms with Crippen molar-refractivity contribution in [2.24, 2.45) is 16.1 Å². The molecule has 1 heterocycles. The van der Waals surface area contributed by atoms with Gasteiger partial charge in [0.25, 0.3) is 0 Å². The van der Waals surface area contributed by atoms with Crippen LogP contribution in [0.4, 0.5) is 0 Å². The third kappa shape index (κ3) is 1.99. The molecule has 0 spiro atoms. The van der Waals surface area contributed by atoms with Gasteiger partial charge in [-0.3, -0.25) is 4.99 Å². The Morgan fingerprint density at radius 2 is 1.92 bits per heavy atom. The van der Waals surface area contributed by atoms with Crippen LogP contribution < -0.4 is 5.73 Å². The minimum atomic E-state index is 0.438. The predicted molar refractivity (Wildman–Crippen MR) is 53.4 cm³/mol. The third-order valence-corrected chi connectivity index (χ3v) is 2.73. The monoisotopic (exact) mass is 168 g/mol. The molecule has 2 nitrogen and oxygen atoms in total. The molecule has 0 aromatic carbocycles. The van der Waals surface area contributed by atoms with E-state index in [1.54, 1.807) is 0 Å². The van der Waals surface area contributed by atoms with E-state index < -0.39 is 0 Å². The number of hydrogen-bond acceptors (Lipinski definition) is 2. The van der Waals surface area contributed by atoms with Gasteiger partial charge in [0.2, 0.25) is 0 Å². The molecule has 0 saturated heterocycles. The van der Waals surface area contributed by atoms with Crippen LogP contribution in [0, 0.1) is 5.41 Å². The molecule has 0 amide bonds. The summed E-state index contributed by atoms with van der Waals surface area (Å²) in [6, 6.07) is 0. The van der Waals surface area contributed by atoms with E-state index in [4.69, 9.17) is 5.73 Å². The van der Waals surface area contributed by atoms with Gasteiger partial charge in [-0.15, -0.1) is 0 Å². The highest BCUT2D eigenvalue weighted by Gasteiger charge is 2.33. The van der Waals surface area contributed by atoms with E-state index in [-0.39, 0.29) is 0 Å². The van der Waals surface area contributed by atoms with E-state index in [2.05, 4.69) is 18.8 Å². The van der Waals surface area contributed by atoms with E-state index in [1.807, 2.05) is 0 Å². The number of hydrogen-bond donors (Lipinski definition) is 1. The lowest BCUT2D eigenvalue weighted by Gasteiger charge is -2.26. The minimum absolute atomic E-state index is 0.438. The maximum atomic E-state index is 5.72. The molecular formula is C10H20N2. The number of rotatable bonds is 4. The molecule has 0 aromatic heterocycles. The average Bonchev–Trinajstić information content (AvgIpc) is 2.34. The SMILES string of the molecule is CCCC1(CCC)CN=C(N)C1. The molecule has 0 atom stereocenters. The Morgan fingerprint density at radius 1 is 1.33 bits per heavy atom. The van der Waals surface area contributed by atoms with Crippen molar-refractivity contribution in [1.82, 2.24) is 0 Å². The highest BCUT2D eigenvalue weighted by Crippen LogP contribution is 2.37. The van der Waals surface area contributed by atoms with Gasteiger partial charge in [-0.1, -0.05) is 26.7 Å². The van der Waals surface area contributed by atoms with Crippen LogP contribution in [0.2, 0.25) is 0 Å². The van der Waals surface area contributed by atoms with Crippen LogP contribution >= 0.6 is 0 Å². The summed E-state index contributed by atoms with van der Waals surface area (Å²) in [6.07, 6.45) is 6.11. The van der Waals surface area contributed by atoms with Crippen molar-refractivity contribution < 1.29 is 0 Å². The molecule has 1 rings (SSSR count). The van der Waals surface area contributed by atoms with Gasteiger partial charge in [-0.2, -0.15) is 0 Å². The van der Waals surface area contributed by atoms with Gasteiger partial charge in [-0.05, 0) is 18.3 Å². The first-order valence-corrected chi connectivity index (χ1v) is 5.01. The fourth-order valence-corrected chi connectivity index (χ4v) is 2.29. The largest absolute Gasteiger partial charge is 0.387 e. The van der Waals surface area contributed by atoms with E-state index >= 15 is 0 Å². The van der Waals surface area contributed by atoms with E-state index in [0.717, 1.165) is 18.8 Å². The van der Waals surface area contributed by atoms with Crippen LogP contribution in [0.3, 0.4) is 0 Å². The first-order valence-electron chi connectivity index (χ1n) is 5.01. The van der Waals surface area contributed by atoms with Gasteiger partial charge in [-0.25, -0.2) is 0 Å². The first kappa shape index (κ1) is 9.56. The van der Waals surface area contributed by atoms with Crippen molar-refractivity contribution in [3.8, 4) is 0 Å². The summed E-state index contributed by atoms with van der Waals surface area (Å²) in [7, 11) is 0. The lowest BCUT2D eigenvalue weighted by Crippen LogP contribution is -2.23. The fourth-order valence-electron chi connectivity index (χ4n) is 2.29. The smallest absolute Gasteiger partial charge is 0.0943 e. The van der Waals surface area contributed by atoms with Gasteiger partial charge in [0, 0.05) is 13.0 Å². The quantitative estimate of drug-likeness (QED) is 0.687.